The Hall–Kier alpha value is -1.02. The van der Waals surface area contributed by atoms with E-state index in [9.17, 15) is 19.4 Å². The van der Waals surface area contributed by atoms with Gasteiger partial charge in [0.25, 0.3) is 0 Å². The van der Waals surface area contributed by atoms with Crippen molar-refractivity contribution in [1.29, 1.82) is 0 Å². The molecule has 3 unspecified atom stereocenters. The first kappa shape index (κ1) is 66.0. The van der Waals surface area contributed by atoms with Crippen molar-refractivity contribution in [2.75, 3.05) is 40.9 Å². The lowest BCUT2D eigenvalue weighted by Gasteiger charge is -2.26. The van der Waals surface area contributed by atoms with Gasteiger partial charge in [0.2, 0.25) is 5.91 Å². The number of aliphatic hydroxyl groups excluding tert-OH is 1. The monoisotopic (exact) mass is 968 g/mol. The van der Waals surface area contributed by atoms with Gasteiger partial charge in [0, 0.05) is 6.42 Å². The van der Waals surface area contributed by atoms with Gasteiger partial charge in [-0.3, -0.25) is 13.8 Å². The van der Waals surface area contributed by atoms with Crippen molar-refractivity contribution in [3.63, 3.8) is 0 Å². The molecule has 1 amide bonds. The molecule has 0 fully saturated rings. The van der Waals surface area contributed by atoms with E-state index in [2.05, 4.69) is 43.5 Å². The van der Waals surface area contributed by atoms with Crippen LogP contribution >= 0.6 is 7.82 Å². The highest BCUT2D eigenvalue weighted by Gasteiger charge is 2.28. The number of phosphoric ester groups is 1. The van der Waals surface area contributed by atoms with E-state index in [1.54, 1.807) is 0 Å². The summed E-state index contributed by atoms with van der Waals surface area (Å²) in [6.45, 7) is 4.88. The Morgan fingerprint density at radius 1 is 0.507 bits per heavy atom. The van der Waals surface area contributed by atoms with Crippen molar-refractivity contribution in [3.8, 4) is 0 Å². The zero-order chi connectivity index (χ0) is 49.2. The Labute approximate surface area is 417 Å². The van der Waals surface area contributed by atoms with Gasteiger partial charge in [-0.15, -0.1) is 0 Å². The van der Waals surface area contributed by atoms with Gasteiger partial charge in [-0.1, -0.05) is 263 Å². The van der Waals surface area contributed by atoms with Crippen molar-refractivity contribution in [2.45, 2.75) is 302 Å². The number of phosphoric acid groups is 1. The molecule has 0 heterocycles. The Bertz CT molecular complexity index is 1140. The lowest BCUT2D eigenvalue weighted by Crippen LogP contribution is -2.46. The van der Waals surface area contributed by atoms with E-state index < -0.39 is 20.0 Å². The number of rotatable bonds is 54. The maximum absolute atomic E-state index is 13.0. The number of quaternary nitrogens is 1. The summed E-state index contributed by atoms with van der Waals surface area (Å²) in [4.78, 5) is 23.3. The first-order valence-electron chi connectivity index (χ1n) is 29.2. The first-order valence-corrected chi connectivity index (χ1v) is 30.7. The summed E-state index contributed by atoms with van der Waals surface area (Å²) in [6.07, 6.45) is 62.5. The molecule has 8 nitrogen and oxygen atoms in total. The van der Waals surface area contributed by atoms with E-state index in [-0.39, 0.29) is 19.1 Å². The molecular weight excluding hydrogens is 852 g/mol. The molecule has 0 aromatic heterocycles. The molecule has 0 radical (unpaired) electrons. The lowest BCUT2D eigenvalue weighted by atomic mass is 10.0. The van der Waals surface area contributed by atoms with Crippen LogP contribution in [0.1, 0.15) is 290 Å². The van der Waals surface area contributed by atoms with Crippen LogP contribution in [0.4, 0.5) is 0 Å². The van der Waals surface area contributed by atoms with Crippen LogP contribution < -0.4 is 5.32 Å². The minimum atomic E-state index is -4.32. The zero-order valence-corrected chi connectivity index (χ0v) is 46.3. The summed E-state index contributed by atoms with van der Waals surface area (Å²) in [5.41, 5.74) is 0. The van der Waals surface area contributed by atoms with Crippen LogP contribution in [0.5, 0.6) is 0 Å². The largest absolute Gasteiger partial charge is 0.472 e. The number of carbonyl (C=O) groups is 1. The number of aliphatic hydroxyl groups is 1. The summed E-state index contributed by atoms with van der Waals surface area (Å²) in [5.74, 6) is -0.155. The molecule has 0 aromatic rings. The van der Waals surface area contributed by atoms with Crippen molar-refractivity contribution >= 4 is 13.7 Å². The number of amides is 1. The van der Waals surface area contributed by atoms with E-state index in [0.29, 0.717) is 23.9 Å². The molecule has 3 N–H and O–H groups in total. The van der Waals surface area contributed by atoms with Gasteiger partial charge in [-0.25, -0.2) is 4.57 Å². The van der Waals surface area contributed by atoms with Gasteiger partial charge >= 0.3 is 7.82 Å². The molecular formula is C58H116N2O6P+. The van der Waals surface area contributed by atoms with Crippen LogP contribution in [-0.2, 0) is 18.4 Å². The molecule has 0 saturated heterocycles. The third-order valence-electron chi connectivity index (χ3n) is 13.5. The Morgan fingerprint density at radius 2 is 0.851 bits per heavy atom. The van der Waals surface area contributed by atoms with E-state index in [1.165, 1.54) is 199 Å². The fourth-order valence-electron chi connectivity index (χ4n) is 8.84. The van der Waals surface area contributed by atoms with Gasteiger partial charge in [0.05, 0.1) is 39.9 Å². The highest BCUT2D eigenvalue weighted by molar-refractivity contribution is 7.47. The third kappa shape index (κ3) is 52.6. The molecule has 9 heteroatoms. The minimum absolute atomic E-state index is 0.0728. The molecule has 0 aliphatic carbocycles. The number of likely N-dealkylation sites (N-methyl/N-ethyl adjacent to an activating group) is 1. The summed E-state index contributed by atoms with van der Waals surface area (Å²) in [5, 5.41) is 14.1. The van der Waals surface area contributed by atoms with Crippen molar-refractivity contribution in [1.82, 2.24) is 5.32 Å². The topological polar surface area (TPSA) is 105 Å². The zero-order valence-electron chi connectivity index (χ0n) is 45.4. The average molecular weight is 969 g/mol. The predicted octanol–water partition coefficient (Wildman–Crippen LogP) is 17.6. The fourth-order valence-corrected chi connectivity index (χ4v) is 9.58. The molecule has 0 bridgehead atoms. The van der Waals surface area contributed by atoms with E-state index in [0.717, 1.165) is 64.2 Å². The van der Waals surface area contributed by atoms with Crippen LogP contribution in [0.25, 0.3) is 0 Å². The molecule has 0 spiro atoms. The smallest absolute Gasteiger partial charge is 0.391 e. The highest BCUT2D eigenvalue weighted by Crippen LogP contribution is 2.43. The van der Waals surface area contributed by atoms with Crippen LogP contribution in [0, 0.1) is 0 Å². The number of nitrogens with one attached hydrogen (secondary N) is 1. The van der Waals surface area contributed by atoms with Crippen LogP contribution in [0.2, 0.25) is 0 Å². The molecule has 0 saturated carbocycles. The van der Waals surface area contributed by atoms with Crippen LogP contribution in [0.15, 0.2) is 24.3 Å². The van der Waals surface area contributed by atoms with Crippen molar-refractivity contribution < 1.29 is 32.9 Å². The molecule has 0 rings (SSSR count). The molecule has 0 aromatic carbocycles. The van der Waals surface area contributed by atoms with E-state index in [4.69, 9.17) is 9.05 Å². The van der Waals surface area contributed by atoms with Crippen molar-refractivity contribution in [2.24, 2.45) is 0 Å². The molecule has 0 aliphatic rings. The summed E-state index contributed by atoms with van der Waals surface area (Å²) in [6, 6.07) is -0.767. The maximum Gasteiger partial charge on any atom is 0.472 e. The van der Waals surface area contributed by atoms with Crippen LogP contribution in [0.3, 0.4) is 0 Å². The van der Waals surface area contributed by atoms with Gasteiger partial charge in [0.1, 0.15) is 13.2 Å². The second-order valence-corrected chi connectivity index (χ2v) is 22.8. The second-order valence-electron chi connectivity index (χ2n) is 21.4. The Kier molecular flexibility index (Phi) is 49.2. The lowest BCUT2D eigenvalue weighted by molar-refractivity contribution is -0.870. The SMILES string of the molecule is CCCCC/C=C\C/C=C\CCCCCCCC(=O)NC(COP(=O)(O)OCC[N+](C)(C)C)C(O)CCCCCCCCCCCCCCCCCCCCCCCCCCCCCCCC. The summed E-state index contributed by atoms with van der Waals surface area (Å²) < 4.78 is 23.8. The molecule has 3 atom stereocenters. The molecule has 67 heavy (non-hydrogen) atoms. The van der Waals surface area contributed by atoms with Crippen LogP contribution in [-0.4, -0.2) is 73.4 Å². The highest BCUT2D eigenvalue weighted by atomic mass is 31.2. The number of nitrogens with zero attached hydrogens (tertiary/aromatic N) is 1. The number of hydrogen-bond donors (Lipinski definition) is 3. The van der Waals surface area contributed by atoms with Gasteiger partial charge in [-0.05, 0) is 44.9 Å². The minimum Gasteiger partial charge on any atom is -0.391 e. The Balaban J connectivity index is 4.05. The van der Waals surface area contributed by atoms with Gasteiger partial charge in [0.15, 0.2) is 0 Å². The molecule has 0 aliphatic heterocycles. The second kappa shape index (κ2) is 49.9. The number of allylic oxidation sites excluding steroid dienone is 4. The van der Waals surface area contributed by atoms with E-state index >= 15 is 0 Å². The average Bonchev–Trinajstić information content (AvgIpc) is 3.29. The normalized spacial score (nSPS) is 14.1. The molecule has 398 valence electrons. The fraction of sp³-hybridized carbons (Fsp3) is 0.914. The number of carbonyl (C=O) groups excluding carboxylic acids is 1. The van der Waals surface area contributed by atoms with E-state index in [1.807, 2.05) is 21.1 Å². The number of unbranched alkanes of at least 4 members (excludes halogenated alkanes) is 37. The van der Waals surface area contributed by atoms with Gasteiger partial charge in [-0.2, -0.15) is 0 Å². The maximum atomic E-state index is 13.0. The van der Waals surface area contributed by atoms with Crippen molar-refractivity contribution in [3.05, 3.63) is 24.3 Å². The first-order chi connectivity index (χ1) is 32.5. The summed E-state index contributed by atoms with van der Waals surface area (Å²) >= 11 is 0. The Morgan fingerprint density at radius 3 is 1.25 bits per heavy atom. The third-order valence-corrected chi connectivity index (χ3v) is 14.4. The standard InChI is InChI=1S/C58H115N2O6P/c1-6-8-10-12-14-16-18-20-22-23-24-25-26-27-28-29-30-31-32-33-34-35-36-38-39-41-43-45-47-49-51-57(61)56(55-66-67(63,64)65-54-53-60(3,4)5)59-58(62)52-50-48-46-44-42-40-37-21-19-17-15-13-11-9-7-2/h15,17,21,37,56-57,61H,6-14,16,18-20,22-36,38-55H2,1-5H3,(H-,59,62,63,64)/p+1/b17-15-,37-21-. The quantitative estimate of drug-likeness (QED) is 0.0243. The summed E-state index contributed by atoms with van der Waals surface area (Å²) in [7, 11) is 1.61. The predicted molar refractivity (Wildman–Crippen MR) is 291 cm³/mol. The number of hydrogen-bond acceptors (Lipinski definition) is 5. The van der Waals surface area contributed by atoms with Gasteiger partial charge < -0.3 is 19.8 Å².